The first-order valence-electron chi connectivity index (χ1n) is 11.3. The summed E-state index contributed by atoms with van der Waals surface area (Å²) >= 11 is 4.94. The van der Waals surface area contributed by atoms with Crippen molar-refractivity contribution in [2.75, 3.05) is 18.0 Å². The summed E-state index contributed by atoms with van der Waals surface area (Å²) in [5.41, 5.74) is 9.29. The molecule has 0 amide bonds. The van der Waals surface area contributed by atoms with Gasteiger partial charge in [0.05, 0.1) is 11.2 Å². The zero-order valence-corrected chi connectivity index (χ0v) is 18.8. The number of H-pyrrole nitrogens is 1. The Bertz CT molecular complexity index is 1350. The van der Waals surface area contributed by atoms with Gasteiger partial charge in [-0.15, -0.1) is 0 Å². The lowest BCUT2D eigenvalue weighted by molar-refractivity contribution is 0.399. The SMILES string of the molecule is Cc1c(N2CCC(C3(N)CC3)C2)c(F)cc2c(Cc3nc(=S)o[nH]3)cc(=O)n(C3CC3)c12. The van der Waals surface area contributed by atoms with Crippen molar-refractivity contribution in [1.82, 2.24) is 14.7 Å². The predicted molar refractivity (Wildman–Crippen MR) is 122 cm³/mol. The van der Waals surface area contributed by atoms with Crippen molar-refractivity contribution >= 4 is 28.8 Å². The number of aromatic amines is 1. The van der Waals surface area contributed by atoms with Gasteiger partial charge in [-0.1, -0.05) is 0 Å². The fourth-order valence-corrected chi connectivity index (χ4v) is 5.60. The highest BCUT2D eigenvalue weighted by molar-refractivity contribution is 7.71. The van der Waals surface area contributed by atoms with Gasteiger partial charge in [-0.3, -0.25) is 4.79 Å². The topological polar surface area (TPSA) is 93.1 Å². The van der Waals surface area contributed by atoms with Crippen molar-refractivity contribution in [3.63, 3.8) is 0 Å². The van der Waals surface area contributed by atoms with E-state index in [9.17, 15) is 4.79 Å². The maximum Gasteiger partial charge on any atom is 0.314 e. The van der Waals surface area contributed by atoms with E-state index in [2.05, 4.69) is 15.0 Å². The molecule has 1 unspecified atom stereocenters. The number of hydrogen-bond acceptors (Lipinski definition) is 6. The molecule has 3 N–H and O–H groups in total. The van der Waals surface area contributed by atoms with Gasteiger partial charge in [-0.2, -0.15) is 4.98 Å². The normalized spacial score (nSPS) is 22.1. The van der Waals surface area contributed by atoms with Crippen LogP contribution >= 0.6 is 12.2 Å². The number of pyridine rings is 1. The Kier molecular flexibility index (Phi) is 4.39. The third-order valence-corrected chi connectivity index (χ3v) is 7.66. The van der Waals surface area contributed by atoms with E-state index in [4.69, 9.17) is 22.5 Å². The first-order valence-corrected chi connectivity index (χ1v) is 11.7. The van der Waals surface area contributed by atoms with E-state index in [0.717, 1.165) is 61.7 Å². The third-order valence-electron chi connectivity index (χ3n) is 7.48. The number of nitrogens with one attached hydrogen (secondary N) is 1. The van der Waals surface area contributed by atoms with Crippen LogP contribution < -0.4 is 16.2 Å². The number of benzene rings is 1. The van der Waals surface area contributed by atoms with E-state index in [1.807, 2.05) is 11.5 Å². The quantitative estimate of drug-likeness (QED) is 0.570. The second-order valence-corrected chi connectivity index (χ2v) is 10.1. The summed E-state index contributed by atoms with van der Waals surface area (Å²) in [6.07, 6.45) is 5.35. The molecule has 9 heteroatoms. The molecule has 3 fully saturated rings. The number of anilines is 1. The molecule has 0 bridgehead atoms. The lowest BCUT2D eigenvalue weighted by Crippen LogP contribution is -2.35. The fraction of sp³-hybridized carbons (Fsp3) is 0.522. The fourth-order valence-electron chi connectivity index (χ4n) is 5.45. The number of hydrogen-bond donors (Lipinski definition) is 2. The highest BCUT2D eigenvalue weighted by Gasteiger charge is 2.48. The van der Waals surface area contributed by atoms with E-state index in [1.165, 1.54) is 0 Å². The molecule has 1 aromatic carbocycles. The highest BCUT2D eigenvalue weighted by atomic mass is 32.1. The minimum absolute atomic E-state index is 0.0593. The van der Waals surface area contributed by atoms with Crippen LogP contribution in [0.1, 0.15) is 55.1 Å². The van der Waals surface area contributed by atoms with Crippen molar-refractivity contribution in [1.29, 1.82) is 0 Å². The second-order valence-electron chi connectivity index (χ2n) is 9.71. The molecule has 2 aliphatic carbocycles. The summed E-state index contributed by atoms with van der Waals surface area (Å²) in [5, 5.41) is 3.43. The molecule has 2 saturated carbocycles. The number of fused-ring (bicyclic) bond motifs is 1. The van der Waals surface area contributed by atoms with Gasteiger partial charge in [0.2, 0.25) is 0 Å². The van der Waals surface area contributed by atoms with Gasteiger partial charge < -0.3 is 19.7 Å². The van der Waals surface area contributed by atoms with E-state index in [-0.39, 0.29) is 27.8 Å². The Morgan fingerprint density at radius 3 is 2.78 bits per heavy atom. The standard InChI is InChI=1S/C23H26FN5O2S/c1-12-20-16(10-17(24)21(12)28-7-4-14(11-28)23(25)5-6-23)13(8-18-26-22(32)31-27-18)9-19(30)29(20)15-2-3-15/h9-10,14-15H,2-8,11,25H2,1H3,(H,26,27,32). The van der Waals surface area contributed by atoms with Crippen LogP contribution in [0.15, 0.2) is 21.5 Å². The summed E-state index contributed by atoms with van der Waals surface area (Å²) in [4.78, 5) is 19.5. The van der Waals surface area contributed by atoms with Crippen LogP contribution in [-0.4, -0.2) is 33.3 Å². The van der Waals surface area contributed by atoms with Crippen molar-refractivity contribution in [3.05, 3.63) is 50.1 Å². The highest BCUT2D eigenvalue weighted by Crippen LogP contribution is 2.46. The van der Waals surface area contributed by atoms with Gasteiger partial charge in [-0.25, -0.2) is 9.55 Å². The first-order chi connectivity index (χ1) is 15.3. The van der Waals surface area contributed by atoms with Crippen molar-refractivity contribution in [2.24, 2.45) is 11.7 Å². The monoisotopic (exact) mass is 455 g/mol. The maximum atomic E-state index is 15.6. The average Bonchev–Trinajstić information content (AvgIpc) is 3.63. The van der Waals surface area contributed by atoms with Crippen molar-refractivity contribution in [3.8, 4) is 0 Å². The molecule has 1 saturated heterocycles. The van der Waals surface area contributed by atoms with Gasteiger partial charge in [-0.05, 0) is 74.4 Å². The summed E-state index contributed by atoms with van der Waals surface area (Å²) in [6, 6.07) is 3.36. The number of aromatic nitrogens is 3. The van der Waals surface area contributed by atoms with Gasteiger partial charge in [0, 0.05) is 42.5 Å². The Labute approximate surface area is 189 Å². The van der Waals surface area contributed by atoms with E-state index < -0.39 is 0 Å². The van der Waals surface area contributed by atoms with Gasteiger partial charge in [0.15, 0.2) is 0 Å². The van der Waals surface area contributed by atoms with Crippen LogP contribution in [0.25, 0.3) is 10.9 Å². The Balaban J connectivity index is 1.50. The lowest BCUT2D eigenvalue weighted by Gasteiger charge is -2.26. The molecule has 2 aromatic heterocycles. The minimum Gasteiger partial charge on any atom is -0.369 e. The second kappa shape index (κ2) is 6.99. The largest absolute Gasteiger partial charge is 0.369 e. The molecule has 6 rings (SSSR count). The molecule has 3 aromatic rings. The van der Waals surface area contributed by atoms with Gasteiger partial charge in [0.1, 0.15) is 11.6 Å². The number of rotatable bonds is 5. The maximum absolute atomic E-state index is 15.6. The molecule has 3 heterocycles. The van der Waals surface area contributed by atoms with Crippen molar-refractivity contribution < 1.29 is 8.91 Å². The average molecular weight is 456 g/mol. The molecule has 1 atom stereocenters. The molecule has 168 valence electrons. The number of halogens is 1. The molecule has 3 aliphatic rings. The Hall–Kier alpha value is -2.52. The Morgan fingerprint density at radius 1 is 1.34 bits per heavy atom. The minimum atomic E-state index is -0.257. The van der Waals surface area contributed by atoms with Crippen LogP contribution in [0.5, 0.6) is 0 Å². The third kappa shape index (κ3) is 3.21. The zero-order valence-electron chi connectivity index (χ0n) is 18.0. The molecule has 7 nitrogen and oxygen atoms in total. The zero-order chi connectivity index (χ0) is 22.2. The van der Waals surface area contributed by atoms with Gasteiger partial charge in [0.25, 0.3) is 5.56 Å². The molecule has 1 aliphatic heterocycles. The van der Waals surface area contributed by atoms with Crippen LogP contribution in [-0.2, 0) is 6.42 Å². The van der Waals surface area contributed by atoms with Gasteiger partial charge >= 0.3 is 4.84 Å². The predicted octanol–water partition coefficient (Wildman–Crippen LogP) is 3.74. The number of nitrogens with two attached hydrogens (primary N) is 1. The first kappa shape index (κ1) is 20.1. The molecule has 0 spiro atoms. The summed E-state index contributed by atoms with van der Waals surface area (Å²) in [5.74, 6) is 0.652. The number of nitrogens with zero attached hydrogens (tertiary/aromatic N) is 3. The summed E-state index contributed by atoms with van der Waals surface area (Å²) in [6.45, 7) is 3.49. The van der Waals surface area contributed by atoms with Crippen LogP contribution in [0.3, 0.4) is 0 Å². The molecular formula is C23H26FN5O2S. The van der Waals surface area contributed by atoms with Crippen LogP contribution in [0.2, 0.25) is 0 Å². The molecule has 32 heavy (non-hydrogen) atoms. The van der Waals surface area contributed by atoms with Crippen molar-refractivity contribution in [2.45, 2.75) is 57.0 Å². The van der Waals surface area contributed by atoms with E-state index in [1.54, 1.807) is 12.1 Å². The molecule has 0 radical (unpaired) electrons. The lowest BCUT2D eigenvalue weighted by atomic mass is 9.97. The van der Waals surface area contributed by atoms with Crippen LogP contribution in [0.4, 0.5) is 10.1 Å². The smallest absolute Gasteiger partial charge is 0.314 e. The van der Waals surface area contributed by atoms with E-state index in [0.29, 0.717) is 29.4 Å². The van der Waals surface area contributed by atoms with E-state index >= 15 is 4.39 Å². The summed E-state index contributed by atoms with van der Waals surface area (Å²) < 4.78 is 22.5. The Morgan fingerprint density at radius 2 is 2.12 bits per heavy atom. The van der Waals surface area contributed by atoms with Crippen LogP contribution in [0, 0.1) is 23.5 Å². The molecular weight excluding hydrogens is 429 g/mol. The number of aryl methyl sites for hydroxylation is 1. The summed E-state index contributed by atoms with van der Waals surface area (Å²) in [7, 11) is 0.